The zero-order valence-corrected chi connectivity index (χ0v) is 19.3. The number of amides is 1. The van der Waals surface area contributed by atoms with Crippen molar-refractivity contribution in [1.82, 2.24) is 15.0 Å². The minimum Gasteiger partial charge on any atom is -0.365 e. The highest BCUT2D eigenvalue weighted by molar-refractivity contribution is 7.92. The fourth-order valence-electron chi connectivity index (χ4n) is 3.44. The van der Waals surface area contributed by atoms with E-state index in [4.69, 9.17) is 0 Å². The minimum atomic E-state index is -4.73. The van der Waals surface area contributed by atoms with Gasteiger partial charge in [0.1, 0.15) is 11.4 Å². The highest BCUT2D eigenvalue weighted by Crippen LogP contribution is 2.35. The Hall–Kier alpha value is -3.94. The number of sulfonamides is 1. The van der Waals surface area contributed by atoms with Crippen LogP contribution in [-0.2, 0) is 34.0 Å². The SMILES string of the molecule is CN(c1ccncc1CNc1nc(Nc2ccc3c(c2)CC(=O)N3)ncc1C(F)(F)F)S(C)(=O)=O. The lowest BCUT2D eigenvalue weighted by Gasteiger charge is -2.21. The number of benzene rings is 1. The first-order valence-corrected chi connectivity index (χ1v) is 12.0. The number of fused-ring (bicyclic) bond motifs is 1. The van der Waals surface area contributed by atoms with Gasteiger partial charge in [0.2, 0.25) is 21.9 Å². The lowest BCUT2D eigenvalue weighted by Crippen LogP contribution is -2.26. The summed E-state index contributed by atoms with van der Waals surface area (Å²) in [6.45, 7) is -0.185. The number of halogens is 3. The van der Waals surface area contributed by atoms with E-state index >= 15 is 0 Å². The number of alkyl halides is 3. The van der Waals surface area contributed by atoms with Gasteiger partial charge in [0.25, 0.3) is 0 Å². The van der Waals surface area contributed by atoms with E-state index in [-0.39, 0.29) is 30.5 Å². The molecule has 14 heteroatoms. The first-order valence-electron chi connectivity index (χ1n) is 10.2. The molecule has 35 heavy (non-hydrogen) atoms. The molecular formula is C21H20F3N7O3S. The molecule has 0 radical (unpaired) electrons. The van der Waals surface area contributed by atoms with Gasteiger partial charge in [-0.1, -0.05) is 0 Å². The molecule has 3 N–H and O–H groups in total. The maximum absolute atomic E-state index is 13.6. The molecule has 0 saturated carbocycles. The van der Waals surface area contributed by atoms with Crippen molar-refractivity contribution in [1.29, 1.82) is 0 Å². The molecule has 0 unspecified atom stereocenters. The van der Waals surface area contributed by atoms with Crippen LogP contribution in [0.3, 0.4) is 0 Å². The van der Waals surface area contributed by atoms with E-state index in [1.807, 2.05) is 0 Å². The van der Waals surface area contributed by atoms with Crippen molar-refractivity contribution in [2.24, 2.45) is 0 Å². The summed E-state index contributed by atoms with van der Waals surface area (Å²) in [6.07, 6.45) is -0.128. The summed E-state index contributed by atoms with van der Waals surface area (Å²) < 4.78 is 65.7. The molecule has 4 rings (SSSR count). The molecule has 0 spiro atoms. The van der Waals surface area contributed by atoms with E-state index in [1.165, 1.54) is 25.5 Å². The van der Waals surface area contributed by atoms with Gasteiger partial charge >= 0.3 is 6.18 Å². The van der Waals surface area contributed by atoms with Gasteiger partial charge in [-0.05, 0) is 29.8 Å². The average molecular weight is 507 g/mol. The predicted octanol–water partition coefficient (Wildman–Crippen LogP) is 3.14. The second kappa shape index (κ2) is 9.02. The minimum absolute atomic E-state index is 0.0996. The Morgan fingerprint density at radius 3 is 2.69 bits per heavy atom. The Bertz CT molecular complexity index is 1400. The number of hydrogen-bond donors (Lipinski definition) is 3. The Morgan fingerprint density at radius 2 is 1.97 bits per heavy atom. The van der Waals surface area contributed by atoms with Gasteiger partial charge < -0.3 is 16.0 Å². The van der Waals surface area contributed by atoms with E-state index in [0.29, 0.717) is 23.1 Å². The van der Waals surface area contributed by atoms with Crippen LogP contribution in [0.4, 0.5) is 42.0 Å². The lowest BCUT2D eigenvalue weighted by molar-refractivity contribution is -0.137. The molecule has 2 aromatic heterocycles. The van der Waals surface area contributed by atoms with Gasteiger partial charge in [0, 0.05) is 49.1 Å². The van der Waals surface area contributed by atoms with Crippen LogP contribution < -0.4 is 20.3 Å². The van der Waals surface area contributed by atoms with E-state index in [0.717, 1.165) is 16.1 Å². The van der Waals surface area contributed by atoms with Gasteiger partial charge in [-0.2, -0.15) is 18.2 Å². The fraction of sp³-hybridized carbons (Fsp3) is 0.238. The van der Waals surface area contributed by atoms with E-state index in [2.05, 4.69) is 30.9 Å². The van der Waals surface area contributed by atoms with Crippen LogP contribution in [0.5, 0.6) is 0 Å². The molecule has 0 aliphatic carbocycles. The quantitative estimate of drug-likeness (QED) is 0.445. The van der Waals surface area contributed by atoms with Crippen molar-refractivity contribution >= 4 is 44.8 Å². The van der Waals surface area contributed by atoms with Crippen molar-refractivity contribution in [2.75, 3.05) is 33.6 Å². The van der Waals surface area contributed by atoms with E-state index in [1.54, 1.807) is 18.2 Å². The molecule has 0 atom stereocenters. The van der Waals surface area contributed by atoms with Crippen LogP contribution in [0.25, 0.3) is 0 Å². The zero-order chi connectivity index (χ0) is 25.4. The van der Waals surface area contributed by atoms with Gasteiger partial charge in [-0.25, -0.2) is 13.4 Å². The molecule has 1 aliphatic rings. The zero-order valence-electron chi connectivity index (χ0n) is 18.5. The van der Waals surface area contributed by atoms with Crippen LogP contribution in [-0.4, -0.2) is 42.6 Å². The molecule has 10 nitrogen and oxygen atoms in total. The first kappa shape index (κ1) is 24.2. The average Bonchev–Trinajstić information content (AvgIpc) is 3.15. The number of nitrogens with one attached hydrogen (secondary N) is 3. The fourth-order valence-corrected chi connectivity index (χ4v) is 3.98. The molecule has 3 aromatic rings. The lowest BCUT2D eigenvalue weighted by atomic mass is 10.1. The van der Waals surface area contributed by atoms with Crippen molar-refractivity contribution in [3.8, 4) is 0 Å². The summed E-state index contributed by atoms with van der Waals surface area (Å²) in [5.74, 6) is -0.743. The molecule has 3 heterocycles. The number of anilines is 5. The predicted molar refractivity (Wildman–Crippen MR) is 124 cm³/mol. The summed E-state index contributed by atoms with van der Waals surface area (Å²) in [6, 6.07) is 6.45. The van der Waals surface area contributed by atoms with Crippen molar-refractivity contribution in [3.05, 3.63) is 59.5 Å². The molecular weight excluding hydrogens is 487 g/mol. The number of rotatable bonds is 7. The third kappa shape index (κ3) is 5.42. The summed E-state index contributed by atoms with van der Waals surface area (Å²) in [4.78, 5) is 23.3. The number of carbonyl (C=O) groups is 1. The second-order valence-corrected chi connectivity index (χ2v) is 9.78. The topological polar surface area (TPSA) is 129 Å². The number of nitrogens with zero attached hydrogens (tertiary/aromatic N) is 4. The Kier molecular flexibility index (Phi) is 6.23. The molecule has 0 bridgehead atoms. The monoisotopic (exact) mass is 507 g/mol. The maximum Gasteiger partial charge on any atom is 0.421 e. The van der Waals surface area contributed by atoms with Gasteiger partial charge in [-0.15, -0.1) is 0 Å². The normalized spacial score (nSPS) is 13.2. The van der Waals surface area contributed by atoms with E-state index < -0.39 is 27.6 Å². The van der Waals surface area contributed by atoms with Crippen molar-refractivity contribution in [2.45, 2.75) is 19.1 Å². The van der Waals surface area contributed by atoms with Gasteiger partial charge in [0.15, 0.2) is 0 Å². The van der Waals surface area contributed by atoms with Crippen LogP contribution in [0.15, 0.2) is 42.9 Å². The standard InChI is InChI=1S/C21H20F3N7O3S/c1-31(35(2,33)34)17-5-6-25-9-13(17)10-26-19-15(21(22,23)24)11-27-20(30-19)28-14-3-4-16-12(7-14)8-18(32)29-16/h3-7,9,11H,8,10H2,1-2H3,(H,29,32)(H2,26,27,28,30). The molecule has 0 saturated heterocycles. The van der Waals surface area contributed by atoms with Gasteiger partial charge in [0.05, 0.1) is 18.4 Å². The summed E-state index contributed by atoms with van der Waals surface area (Å²) >= 11 is 0. The Labute approximate surface area is 198 Å². The van der Waals surface area contributed by atoms with Crippen LogP contribution in [0.1, 0.15) is 16.7 Å². The highest BCUT2D eigenvalue weighted by Gasteiger charge is 2.35. The number of pyridine rings is 1. The highest BCUT2D eigenvalue weighted by atomic mass is 32.2. The first-order chi connectivity index (χ1) is 16.4. The van der Waals surface area contributed by atoms with E-state index in [9.17, 15) is 26.4 Å². The van der Waals surface area contributed by atoms with Crippen molar-refractivity contribution < 1.29 is 26.4 Å². The summed E-state index contributed by atoms with van der Waals surface area (Å²) in [5, 5.41) is 8.17. The Balaban J connectivity index is 1.61. The smallest absolute Gasteiger partial charge is 0.365 e. The number of carbonyl (C=O) groups excluding carboxylic acids is 1. The number of hydrogen-bond acceptors (Lipinski definition) is 8. The van der Waals surface area contributed by atoms with Crippen LogP contribution in [0, 0.1) is 0 Å². The largest absolute Gasteiger partial charge is 0.421 e. The summed E-state index contributed by atoms with van der Waals surface area (Å²) in [5.41, 5.74) is 1.42. The Morgan fingerprint density at radius 1 is 1.20 bits per heavy atom. The van der Waals surface area contributed by atoms with Crippen LogP contribution in [0.2, 0.25) is 0 Å². The summed E-state index contributed by atoms with van der Waals surface area (Å²) in [7, 11) is -2.27. The van der Waals surface area contributed by atoms with Gasteiger partial charge in [-0.3, -0.25) is 14.1 Å². The third-order valence-corrected chi connectivity index (χ3v) is 6.43. The van der Waals surface area contributed by atoms with Crippen molar-refractivity contribution in [3.63, 3.8) is 0 Å². The number of aromatic nitrogens is 3. The molecule has 1 aromatic carbocycles. The molecule has 0 fully saturated rings. The molecule has 1 amide bonds. The third-order valence-electron chi connectivity index (χ3n) is 5.24. The molecule has 1 aliphatic heterocycles. The van der Waals surface area contributed by atoms with Crippen LogP contribution >= 0.6 is 0 Å². The maximum atomic E-state index is 13.6. The molecule has 184 valence electrons. The second-order valence-electron chi connectivity index (χ2n) is 7.76.